The van der Waals surface area contributed by atoms with Gasteiger partial charge < -0.3 is 10.1 Å². The average Bonchev–Trinajstić information content (AvgIpc) is 2.38. The molecule has 1 aliphatic heterocycles. The molecule has 1 fully saturated rings. The van der Waals surface area contributed by atoms with E-state index < -0.39 is 0 Å². The van der Waals surface area contributed by atoms with Crippen molar-refractivity contribution >= 4 is 0 Å². The van der Waals surface area contributed by atoms with Crippen LogP contribution in [0.15, 0.2) is 0 Å². The highest BCUT2D eigenvalue weighted by molar-refractivity contribution is 4.80. The van der Waals surface area contributed by atoms with Crippen molar-refractivity contribution in [2.24, 2.45) is 5.92 Å². The minimum Gasteiger partial charge on any atom is -0.380 e. The predicted octanol–water partition coefficient (Wildman–Crippen LogP) is 2.12. The molecule has 3 unspecified atom stereocenters. The van der Waals surface area contributed by atoms with Crippen molar-refractivity contribution in [3.05, 3.63) is 0 Å². The number of rotatable bonds is 7. The normalized spacial score (nSPS) is 25.8. The second kappa shape index (κ2) is 8.06. The Hall–Kier alpha value is -0.120. The molecule has 1 heterocycles. The third-order valence-electron chi connectivity index (χ3n) is 4.04. The zero-order valence-electron chi connectivity index (χ0n) is 12.0. The molecule has 0 aromatic carbocycles. The molecule has 0 aromatic heterocycles. The Kier molecular flexibility index (Phi) is 7.09. The molecule has 0 aliphatic carbocycles. The standard InChI is InChI=1S/C14H30N2O/c1-5-8-15-10-12(2)13(3)16-9-6-7-14(11-16)17-4/h12-15H,5-11H2,1-4H3. The van der Waals surface area contributed by atoms with Crippen LogP contribution in [0.4, 0.5) is 0 Å². The lowest BCUT2D eigenvalue weighted by molar-refractivity contribution is 0.00829. The fraction of sp³-hybridized carbons (Fsp3) is 1.00. The second-order valence-corrected chi connectivity index (χ2v) is 5.42. The van der Waals surface area contributed by atoms with E-state index in [1.54, 1.807) is 0 Å². The van der Waals surface area contributed by atoms with Gasteiger partial charge in [0.1, 0.15) is 0 Å². The van der Waals surface area contributed by atoms with Gasteiger partial charge in [-0.25, -0.2) is 0 Å². The number of piperidine rings is 1. The van der Waals surface area contributed by atoms with Crippen molar-refractivity contribution in [3.63, 3.8) is 0 Å². The van der Waals surface area contributed by atoms with Gasteiger partial charge in [-0.1, -0.05) is 13.8 Å². The largest absolute Gasteiger partial charge is 0.380 e. The van der Waals surface area contributed by atoms with E-state index in [4.69, 9.17) is 4.74 Å². The van der Waals surface area contributed by atoms with Crippen molar-refractivity contribution in [1.82, 2.24) is 10.2 Å². The second-order valence-electron chi connectivity index (χ2n) is 5.42. The van der Waals surface area contributed by atoms with Gasteiger partial charge in [0, 0.05) is 19.7 Å². The molecule has 3 heteroatoms. The van der Waals surface area contributed by atoms with E-state index >= 15 is 0 Å². The third kappa shape index (κ3) is 4.94. The highest BCUT2D eigenvalue weighted by Gasteiger charge is 2.25. The van der Waals surface area contributed by atoms with Gasteiger partial charge in [-0.3, -0.25) is 4.90 Å². The van der Waals surface area contributed by atoms with Crippen molar-refractivity contribution in [2.45, 2.75) is 52.2 Å². The summed E-state index contributed by atoms with van der Waals surface area (Å²) in [5, 5.41) is 3.52. The number of nitrogens with one attached hydrogen (secondary N) is 1. The van der Waals surface area contributed by atoms with Gasteiger partial charge in [0.25, 0.3) is 0 Å². The maximum atomic E-state index is 5.49. The summed E-state index contributed by atoms with van der Waals surface area (Å²) in [6.07, 6.45) is 4.17. The Morgan fingerprint density at radius 2 is 2.18 bits per heavy atom. The molecule has 0 amide bonds. The van der Waals surface area contributed by atoms with Crippen LogP contribution in [0.1, 0.15) is 40.0 Å². The summed E-state index contributed by atoms with van der Waals surface area (Å²) in [5.41, 5.74) is 0. The molecule has 1 rings (SSSR count). The van der Waals surface area contributed by atoms with E-state index in [0.717, 1.165) is 19.6 Å². The predicted molar refractivity (Wildman–Crippen MR) is 73.4 cm³/mol. The maximum Gasteiger partial charge on any atom is 0.0698 e. The van der Waals surface area contributed by atoms with Gasteiger partial charge in [0.2, 0.25) is 0 Å². The molecular formula is C14H30N2O. The van der Waals surface area contributed by atoms with Gasteiger partial charge in [-0.2, -0.15) is 0 Å². The van der Waals surface area contributed by atoms with Crippen LogP contribution in [0.2, 0.25) is 0 Å². The first kappa shape index (κ1) is 14.9. The van der Waals surface area contributed by atoms with Gasteiger partial charge in [-0.15, -0.1) is 0 Å². The summed E-state index contributed by atoms with van der Waals surface area (Å²) in [6, 6.07) is 0.650. The van der Waals surface area contributed by atoms with E-state index in [0.29, 0.717) is 18.1 Å². The Bertz CT molecular complexity index is 199. The molecule has 17 heavy (non-hydrogen) atoms. The minimum absolute atomic E-state index is 0.446. The highest BCUT2D eigenvalue weighted by atomic mass is 16.5. The lowest BCUT2D eigenvalue weighted by Gasteiger charge is -2.38. The summed E-state index contributed by atoms with van der Waals surface area (Å²) in [5.74, 6) is 0.706. The van der Waals surface area contributed by atoms with Crippen molar-refractivity contribution in [3.8, 4) is 0 Å². The first-order chi connectivity index (χ1) is 8.19. The number of methoxy groups -OCH3 is 1. The van der Waals surface area contributed by atoms with Gasteiger partial charge >= 0.3 is 0 Å². The van der Waals surface area contributed by atoms with Crippen molar-refractivity contribution < 1.29 is 4.74 Å². The summed E-state index contributed by atoms with van der Waals surface area (Å²) in [4.78, 5) is 2.59. The topological polar surface area (TPSA) is 24.5 Å². The molecule has 1 saturated heterocycles. The molecule has 0 saturated carbocycles. The first-order valence-electron chi connectivity index (χ1n) is 7.16. The summed E-state index contributed by atoms with van der Waals surface area (Å²) >= 11 is 0. The van der Waals surface area contributed by atoms with Crippen LogP contribution in [0.5, 0.6) is 0 Å². The zero-order valence-corrected chi connectivity index (χ0v) is 12.0. The van der Waals surface area contributed by atoms with Crippen LogP contribution in [0.25, 0.3) is 0 Å². The first-order valence-corrected chi connectivity index (χ1v) is 7.16. The fourth-order valence-corrected chi connectivity index (χ4v) is 2.57. The lowest BCUT2D eigenvalue weighted by atomic mass is 9.98. The van der Waals surface area contributed by atoms with Crippen LogP contribution in [0.3, 0.4) is 0 Å². The Morgan fingerprint density at radius 3 is 2.82 bits per heavy atom. The quantitative estimate of drug-likeness (QED) is 0.692. The van der Waals surface area contributed by atoms with E-state index in [1.165, 1.54) is 25.8 Å². The summed E-state index contributed by atoms with van der Waals surface area (Å²) in [7, 11) is 1.84. The van der Waals surface area contributed by atoms with E-state index in [1.807, 2.05) is 7.11 Å². The number of hydrogen-bond acceptors (Lipinski definition) is 3. The smallest absolute Gasteiger partial charge is 0.0698 e. The molecule has 0 aromatic rings. The highest BCUT2D eigenvalue weighted by Crippen LogP contribution is 2.18. The van der Waals surface area contributed by atoms with Crippen molar-refractivity contribution in [1.29, 1.82) is 0 Å². The molecular weight excluding hydrogens is 212 g/mol. The minimum atomic E-state index is 0.446. The van der Waals surface area contributed by atoms with E-state index in [-0.39, 0.29) is 0 Å². The Labute approximate surface area is 107 Å². The number of likely N-dealkylation sites (tertiary alicyclic amines) is 1. The monoisotopic (exact) mass is 242 g/mol. The molecule has 3 atom stereocenters. The van der Waals surface area contributed by atoms with Crippen LogP contribution in [-0.2, 0) is 4.74 Å². The summed E-state index contributed by atoms with van der Waals surface area (Å²) in [6.45, 7) is 11.5. The number of ether oxygens (including phenoxy) is 1. The van der Waals surface area contributed by atoms with Gasteiger partial charge in [-0.05, 0) is 51.7 Å². The van der Waals surface area contributed by atoms with Crippen LogP contribution in [0, 0.1) is 5.92 Å². The van der Waals surface area contributed by atoms with E-state index in [9.17, 15) is 0 Å². The average molecular weight is 242 g/mol. The Morgan fingerprint density at radius 1 is 1.41 bits per heavy atom. The number of hydrogen-bond donors (Lipinski definition) is 1. The molecule has 3 nitrogen and oxygen atoms in total. The van der Waals surface area contributed by atoms with Crippen LogP contribution < -0.4 is 5.32 Å². The van der Waals surface area contributed by atoms with E-state index in [2.05, 4.69) is 31.0 Å². The van der Waals surface area contributed by atoms with Crippen molar-refractivity contribution in [2.75, 3.05) is 33.3 Å². The lowest BCUT2D eigenvalue weighted by Crippen LogP contribution is -2.48. The van der Waals surface area contributed by atoms with Gasteiger partial charge in [0.15, 0.2) is 0 Å². The molecule has 0 bridgehead atoms. The number of nitrogens with zero attached hydrogens (tertiary/aromatic N) is 1. The SMILES string of the molecule is CCCNCC(C)C(C)N1CCCC(OC)C1. The van der Waals surface area contributed by atoms with Crippen LogP contribution >= 0.6 is 0 Å². The molecule has 102 valence electrons. The molecule has 1 N–H and O–H groups in total. The summed E-state index contributed by atoms with van der Waals surface area (Å²) < 4.78 is 5.49. The Balaban J connectivity index is 2.31. The molecule has 0 radical (unpaired) electrons. The fourth-order valence-electron chi connectivity index (χ4n) is 2.57. The third-order valence-corrected chi connectivity index (χ3v) is 4.04. The molecule has 1 aliphatic rings. The maximum absolute atomic E-state index is 5.49. The molecule has 0 spiro atoms. The van der Waals surface area contributed by atoms with Crippen LogP contribution in [-0.4, -0.2) is 50.3 Å². The zero-order chi connectivity index (χ0) is 12.7. The van der Waals surface area contributed by atoms with Gasteiger partial charge in [0.05, 0.1) is 6.10 Å².